The molecule has 0 aromatic heterocycles. The third kappa shape index (κ3) is 4.87. The first kappa shape index (κ1) is 14.8. The molecule has 0 aliphatic rings. The Morgan fingerprint density at radius 1 is 1.24 bits per heavy atom. The molecule has 17 heavy (non-hydrogen) atoms. The largest absolute Gasteiger partial charge is 0.317 e. The highest BCUT2D eigenvalue weighted by molar-refractivity contribution is 6.42. The molecule has 0 radical (unpaired) electrons. The van der Waals surface area contributed by atoms with Gasteiger partial charge in [-0.2, -0.15) is 0 Å². The fraction of sp³-hybridized carbons (Fsp3) is 0.571. The molecule has 96 valence electrons. The van der Waals surface area contributed by atoms with Crippen molar-refractivity contribution >= 4 is 23.2 Å². The van der Waals surface area contributed by atoms with E-state index in [1.54, 1.807) is 0 Å². The van der Waals surface area contributed by atoms with E-state index in [1.165, 1.54) is 25.7 Å². The Kier molecular flexibility index (Phi) is 6.94. The minimum Gasteiger partial charge on any atom is -0.317 e. The number of likely N-dealkylation sites (N-methyl/N-ethyl adjacent to an activating group) is 1. The van der Waals surface area contributed by atoms with E-state index in [0.29, 0.717) is 16.1 Å². The van der Waals surface area contributed by atoms with Gasteiger partial charge in [0.05, 0.1) is 10.0 Å². The second-order valence-corrected chi connectivity index (χ2v) is 5.18. The van der Waals surface area contributed by atoms with Crippen LogP contribution in [-0.2, 0) is 6.42 Å². The van der Waals surface area contributed by atoms with Crippen molar-refractivity contribution in [2.24, 2.45) is 0 Å². The number of unbranched alkanes of at least 4 members (excludes halogenated alkanes) is 2. The molecule has 0 aliphatic heterocycles. The molecule has 3 heteroatoms. The van der Waals surface area contributed by atoms with Gasteiger partial charge in [-0.25, -0.2) is 0 Å². The van der Waals surface area contributed by atoms with Gasteiger partial charge in [-0.1, -0.05) is 61.5 Å². The number of hydrogen-bond acceptors (Lipinski definition) is 1. The van der Waals surface area contributed by atoms with Crippen molar-refractivity contribution in [3.63, 3.8) is 0 Å². The molecule has 1 nitrogen and oxygen atoms in total. The smallest absolute Gasteiger partial charge is 0.0624 e. The molecular weight excluding hydrogens is 253 g/mol. The molecule has 0 saturated carbocycles. The Labute approximate surface area is 115 Å². The van der Waals surface area contributed by atoms with E-state index < -0.39 is 0 Å². The lowest BCUT2D eigenvalue weighted by Crippen LogP contribution is -2.27. The molecule has 0 spiro atoms. The van der Waals surface area contributed by atoms with E-state index in [-0.39, 0.29) is 0 Å². The van der Waals surface area contributed by atoms with Crippen LogP contribution in [0, 0.1) is 0 Å². The molecule has 1 aromatic rings. The highest BCUT2D eigenvalue weighted by atomic mass is 35.5. The topological polar surface area (TPSA) is 12.0 Å². The third-order valence-corrected chi connectivity index (χ3v) is 3.92. The summed E-state index contributed by atoms with van der Waals surface area (Å²) in [5.74, 6) is 0. The Hall–Kier alpha value is -0.240. The lowest BCUT2D eigenvalue weighted by molar-refractivity contribution is 0.490. The molecule has 0 fully saturated rings. The summed E-state index contributed by atoms with van der Waals surface area (Å²) in [6.07, 6.45) is 5.95. The van der Waals surface area contributed by atoms with E-state index in [9.17, 15) is 0 Å². The fourth-order valence-corrected chi connectivity index (χ4v) is 2.36. The summed E-state index contributed by atoms with van der Waals surface area (Å²) in [5.41, 5.74) is 1.13. The maximum atomic E-state index is 6.20. The average Bonchev–Trinajstić information content (AvgIpc) is 2.33. The Bertz CT molecular complexity index is 339. The van der Waals surface area contributed by atoms with E-state index in [0.717, 1.165) is 12.0 Å². The van der Waals surface area contributed by atoms with Gasteiger partial charge in [-0.15, -0.1) is 0 Å². The first-order chi connectivity index (χ1) is 8.19. The monoisotopic (exact) mass is 273 g/mol. The summed E-state index contributed by atoms with van der Waals surface area (Å²) in [7, 11) is 2.01. The van der Waals surface area contributed by atoms with Gasteiger partial charge >= 0.3 is 0 Å². The van der Waals surface area contributed by atoms with Crippen molar-refractivity contribution in [1.82, 2.24) is 5.32 Å². The second-order valence-electron chi connectivity index (χ2n) is 4.40. The first-order valence-electron chi connectivity index (χ1n) is 6.29. The number of halogens is 2. The van der Waals surface area contributed by atoms with Crippen LogP contribution in [0.3, 0.4) is 0 Å². The number of rotatable bonds is 7. The van der Waals surface area contributed by atoms with Crippen LogP contribution in [0.5, 0.6) is 0 Å². The van der Waals surface area contributed by atoms with Crippen molar-refractivity contribution in [2.45, 2.75) is 45.1 Å². The maximum Gasteiger partial charge on any atom is 0.0624 e. The zero-order valence-electron chi connectivity index (χ0n) is 10.6. The summed E-state index contributed by atoms with van der Waals surface area (Å²) < 4.78 is 0. The zero-order valence-corrected chi connectivity index (χ0v) is 12.1. The summed E-state index contributed by atoms with van der Waals surface area (Å²) in [6.45, 7) is 2.22. The highest BCUT2D eigenvalue weighted by Gasteiger charge is 2.11. The van der Waals surface area contributed by atoms with Gasteiger partial charge in [0.2, 0.25) is 0 Å². The molecule has 0 saturated heterocycles. The molecule has 1 unspecified atom stereocenters. The quantitative estimate of drug-likeness (QED) is 0.710. The van der Waals surface area contributed by atoms with Crippen LogP contribution in [0.1, 0.15) is 38.2 Å². The Balaban J connectivity index is 2.57. The Morgan fingerprint density at radius 2 is 2.00 bits per heavy atom. The van der Waals surface area contributed by atoms with E-state index in [1.807, 2.05) is 19.2 Å². The highest BCUT2D eigenvalue weighted by Crippen LogP contribution is 2.26. The van der Waals surface area contributed by atoms with Crippen molar-refractivity contribution in [1.29, 1.82) is 0 Å². The first-order valence-corrected chi connectivity index (χ1v) is 7.04. The molecular formula is C14H21Cl2N. The van der Waals surface area contributed by atoms with Crippen LogP contribution >= 0.6 is 23.2 Å². The average molecular weight is 274 g/mol. The predicted octanol–water partition coefficient (Wildman–Crippen LogP) is 4.70. The lowest BCUT2D eigenvalue weighted by atomic mass is 10.0. The third-order valence-electron chi connectivity index (χ3n) is 3.06. The number of nitrogens with one attached hydrogen (secondary N) is 1. The van der Waals surface area contributed by atoms with Crippen molar-refractivity contribution in [2.75, 3.05) is 7.05 Å². The van der Waals surface area contributed by atoms with E-state index >= 15 is 0 Å². The molecule has 0 amide bonds. The minimum absolute atomic E-state index is 0.484. The van der Waals surface area contributed by atoms with Crippen LogP contribution in [0.2, 0.25) is 10.0 Å². The van der Waals surface area contributed by atoms with E-state index in [4.69, 9.17) is 23.2 Å². The summed E-state index contributed by atoms with van der Waals surface area (Å²) in [4.78, 5) is 0. The molecule has 0 heterocycles. The van der Waals surface area contributed by atoms with Crippen molar-refractivity contribution in [3.8, 4) is 0 Å². The summed E-state index contributed by atoms with van der Waals surface area (Å²) in [6, 6.07) is 6.33. The molecule has 1 atom stereocenters. The number of hydrogen-bond donors (Lipinski definition) is 1. The van der Waals surface area contributed by atoms with Gasteiger partial charge in [0, 0.05) is 6.04 Å². The van der Waals surface area contributed by atoms with Crippen molar-refractivity contribution in [3.05, 3.63) is 33.8 Å². The summed E-state index contributed by atoms with van der Waals surface area (Å²) in [5, 5.41) is 4.70. The van der Waals surface area contributed by atoms with Crippen LogP contribution in [0.4, 0.5) is 0 Å². The maximum absolute atomic E-state index is 6.20. The SMILES string of the molecule is CCCCCC(Cc1cccc(Cl)c1Cl)NC. The van der Waals surface area contributed by atoms with Gasteiger partial charge in [0.1, 0.15) is 0 Å². The summed E-state index contributed by atoms with van der Waals surface area (Å²) >= 11 is 12.2. The van der Waals surface area contributed by atoms with Crippen LogP contribution in [-0.4, -0.2) is 13.1 Å². The number of benzene rings is 1. The molecule has 1 N–H and O–H groups in total. The lowest BCUT2D eigenvalue weighted by Gasteiger charge is -2.17. The van der Waals surface area contributed by atoms with Crippen molar-refractivity contribution < 1.29 is 0 Å². The van der Waals surface area contributed by atoms with Gasteiger partial charge in [-0.3, -0.25) is 0 Å². The predicted molar refractivity (Wildman–Crippen MR) is 77.2 cm³/mol. The Morgan fingerprint density at radius 3 is 2.65 bits per heavy atom. The van der Waals surface area contributed by atoms with Crippen LogP contribution < -0.4 is 5.32 Å². The van der Waals surface area contributed by atoms with Gasteiger partial charge in [0.25, 0.3) is 0 Å². The van der Waals surface area contributed by atoms with Gasteiger partial charge in [-0.05, 0) is 31.5 Å². The molecule has 1 aromatic carbocycles. The van der Waals surface area contributed by atoms with Crippen LogP contribution in [0.15, 0.2) is 18.2 Å². The second kappa shape index (κ2) is 7.97. The molecule has 0 bridgehead atoms. The molecule has 0 aliphatic carbocycles. The van der Waals surface area contributed by atoms with E-state index in [2.05, 4.69) is 18.3 Å². The standard InChI is InChI=1S/C14H21Cl2N/c1-3-4-5-8-12(17-2)10-11-7-6-9-13(15)14(11)16/h6-7,9,12,17H,3-5,8,10H2,1-2H3. The van der Waals surface area contributed by atoms with Gasteiger partial charge < -0.3 is 5.32 Å². The van der Waals surface area contributed by atoms with Gasteiger partial charge in [0.15, 0.2) is 0 Å². The fourth-order valence-electron chi connectivity index (χ4n) is 1.96. The normalized spacial score (nSPS) is 12.7. The zero-order chi connectivity index (χ0) is 12.7. The van der Waals surface area contributed by atoms with Crippen LogP contribution in [0.25, 0.3) is 0 Å². The molecule has 1 rings (SSSR count). The minimum atomic E-state index is 0.484.